The Morgan fingerprint density at radius 1 is 1.62 bits per heavy atom. The van der Waals surface area contributed by atoms with Gasteiger partial charge in [0.1, 0.15) is 0 Å². The van der Waals surface area contributed by atoms with Gasteiger partial charge in [-0.1, -0.05) is 5.92 Å². The zero-order chi connectivity index (χ0) is 11.8. The summed E-state index contributed by atoms with van der Waals surface area (Å²) < 4.78 is 0. The van der Waals surface area contributed by atoms with Crippen LogP contribution in [0.25, 0.3) is 0 Å². The van der Waals surface area contributed by atoms with Crippen molar-refractivity contribution in [3.8, 4) is 12.3 Å². The van der Waals surface area contributed by atoms with Crippen molar-refractivity contribution >= 4 is 28.2 Å². The average Bonchev–Trinajstić information content (AvgIpc) is 2.72. The number of terminal acetylenes is 1. The molecule has 1 aromatic heterocycles. The molecule has 0 atom stereocenters. The predicted molar refractivity (Wildman–Crippen MR) is 74.3 cm³/mol. The van der Waals surface area contributed by atoms with Gasteiger partial charge in [-0.3, -0.25) is 0 Å². The molecule has 0 saturated carbocycles. The fourth-order valence-electron chi connectivity index (χ4n) is 1.07. The summed E-state index contributed by atoms with van der Waals surface area (Å²) >= 11 is 3.50. The first-order chi connectivity index (χ1) is 7.74. The highest BCUT2D eigenvalue weighted by Crippen LogP contribution is 2.19. The number of thiazole rings is 1. The van der Waals surface area contributed by atoms with Crippen LogP contribution < -0.4 is 10.2 Å². The van der Waals surface area contributed by atoms with Gasteiger partial charge in [-0.2, -0.15) is 0 Å². The molecule has 3 nitrogen and oxygen atoms in total. The summed E-state index contributed by atoms with van der Waals surface area (Å²) in [6.45, 7) is 1.88. The first-order valence-corrected chi connectivity index (χ1v) is 7.05. The largest absolute Gasteiger partial charge is 0.354 e. The van der Waals surface area contributed by atoms with Crippen molar-refractivity contribution in [2.24, 2.45) is 0 Å². The highest BCUT2D eigenvalue weighted by molar-refractivity contribution is 7.99. The van der Waals surface area contributed by atoms with Gasteiger partial charge in [0.15, 0.2) is 5.13 Å². The van der Waals surface area contributed by atoms with Crippen molar-refractivity contribution in [1.82, 2.24) is 10.3 Å². The van der Waals surface area contributed by atoms with Crippen LogP contribution in [0.15, 0.2) is 6.20 Å². The van der Waals surface area contributed by atoms with E-state index < -0.39 is 0 Å². The number of anilines is 1. The molecule has 16 heavy (non-hydrogen) atoms. The van der Waals surface area contributed by atoms with Gasteiger partial charge in [0.2, 0.25) is 0 Å². The molecule has 1 heterocycles. The van der Waals surface area contributed by atoms with Crippen molar-refractivity contribution in [2.45, 2.75) is 6.54 Å². The maximum Gasteiger partial charge on any atom is 0.185 e. The van der Waals surface area contributed by atoms with Gasteiger partial charge in [0.05, 0.1) is 5.75 Å². The van der Waals surface area contributed by atoms with Gasteiger partial charge >= 0.3 is 0 Å². The quantitative estimate of drug-likeness (QED) is 0.592. The molecule has 0 amide bonds. The van der Waals surface area contributed by atoms with E-state index in [0.29, 0.717) is 0 Å². The smallest absolute Gasteiger partial charge is 0.185 e. The van der Waals surface area contributed by atoms with Crippen LogP contribution in [-0.4, -0.2) is 37.1 Å². The SMILES string of the molecule is C#CCSCCNCc1cnc(N(C)C)s1. The Balaban J connectivity index is 2.15. The van der Waals surface area contributed by atoms with Gasteiger partial charge in [0, 0.05) is 44.0 Å². The van der Waals surface area contributed by atoms with Crippen LogP contribution in [-0.2, 0) is 6.54 Å². The second-order valence-corrected chi connectivity index (χ2v) is 5.64. The van der Waals surface area contributed by atoms with E-state index in [1.165, 1.54) is 4.88 Å². The van der Waals surface area contributed by atoms with Crippen LogP contribution in [0.3, 0.4) is 0 Å². The third-order valence-corrected chi connectivity index (χ3v) is 3.86. The highest BCUT2D eigenvalue weighted by atomic mass is 32.2. The van der Waals surface area contributed by atoms with E-state index in [9.17, 15) is 0 Å². The highest BCUT2D eigenvalue weighted by Gasteiger charge is 2.02. The fraction of sp³-hybridized carbons (Fsp3) is 0.545. The molecular weight excluding hydrogens is 238 g/mol. The van der Waals surface area contributed by atoms with Crippen molar-refractivity contribution in [2.75, 3.05) is 37.0 Å². The Kier molecular flexibility index (Phi) is 6.31. The zero-order valence-corrected chi connectivity index (χ0v) is 11.3. The molecule has 0 unspecified atom stereocenters. The number of rotatable bonds is 7. The third kappa shape index (κ3) is 4.88. The molecule has 0 saturated heterocycles. The lowest BCUT2D eigenvalue weighted by Crippen LogP contribution is -2.15. The van der Waals surface area contributed by atoms with E-state index in [1.54, 1.807) is 23.1 Å². The lowest BCUT2D eigenvalue weighted by Gasteiger charge is -2.05. The summed E-state index contributed by atoms with van der Waals surface area (Å²) in [5, 5.41) is 4.43. The number of thioether (sulfide) groups is 1. The van der Waals surface area contributed by atoms with Crippen molar-refractivity contribution in [1.29, 1.82) is 0 Å². The summed E-state index contributed by atoms with van der Waals surface area (Å²) in [5.74, 6) is 4.47. The topological polar surface area (TPSA) is 28.2 Å². The molecule has 1 rings (SSSR count). The Labute approximate surface area is 106 Å². The summed E-state index contributed by atoms with van der Waals surface area (Å²) in [6.07, 6.45) is 7.10. The van der Waals surface area contributed by atoms with Crippen LogP contribution in [0.4, 0.5) is 5.13 Å². The fourth-order valence-corrected chi connectivity index (χ4v) is 2.43. The summed E-state index contributed by atoms with van der Waals surface area (Å²) in [7, 11) is 4.01. The summed E-state index contributed by atoms with van der Waals surface area (Å²) in [6, 6.07) is 0. The Hall–Kier alpha value is -0.700. The van der Waals surface area contributed by atoms with E-state index in [2.05, 4.69) is 16.2 Å². The number of nitrogens with zero attached hydrogens (tertiary/aromatic N) is 2. The molecule has 0 spiro atoms. The van der Waals surface area contributed by atoms with E-state index in [1.807, 2.05) is 25.2 Å². The second kappa shape index (κ2) is 7.55. The van der Waals surface area contributed by atoms with E-state index >= 15 is 0 Å². The Morgan fingerprint density at radius 3 is 3.06 bits per heavy atom. The molecule has 0 aromatic carbocycles. The van der Waals surface area contributed by atoms with Crippen LogP contribution in [0.2, 0.25) is 0 Å². The lowest BCUT2D eigenvalue weighted by molar-refractivity contribution is 0.740. The van der Waals surface area contributed by atoms with E-state index in [0.717, 1.165) is 29.7 Å². The van der Waals surface area contributed by atoms with Crippen molar-refractivity contribution in [3.63, 3.8) is 0 Å². The molecule has 0 aliphatic carbocycles. The Morgan fingerprint density at radius 2 is 2.44 bits per heavy atom. The molecule has 0 fully saturated rings. The van der Waals surface area contributed by atoms with Gasteiger partial charge in [-0.25, -0.2) is 4.98 Å². The molecule has 0 radical (unpaired) electrons. The molecule has 1 aromatic rings. The number of nitrogens with one attached hydrogen (secondary N) is 1. The molecule has 5 heteroatoms. The summed E-state index contributed by atoms with van der Waals surface area (Å²) in [5.41, 5.74) is 0. The molecule has 88 valence electrons. The maximum atomic E-state index is 5.16. The minimum atomic E-state index is 0.799. The third-order valence-electron chi connectivity index (χ3n) is 1.83. The van der Waals surface area contributed by atoms with Gasteiger partial charge in [0.25, 0.3) is 0 Å². The standard InChI is InChI=1S/C11H17N3S2/c1-4-6-15-7-5-12-8-10-9-13-11(16-10)14(2)3/h1,9,12H,5-8H2,2-3H3. The van der Waals surface area contributed by atoms with Crippen molar-refractivity contribution in [3.05, 3.63) is 11.1 Å². The Bertz CT molecular complexity index is 341. The first kappa shape index (κ1) is 13.4. The zero-order valence-electron chi connectivity index (χ0n) is 9.69. The molecule has 0 aliphatic heterocycles. The molecule has 1 N–H and O–H groups in total. The normalized spacial score (nSPS) is 10.1. The predicted octanol–water partition coefficient (Wildman–Crippen LogP) is 1.67. The summed E-state index contributed by atoms with van der Waals surface area (Å²) in [4.78, 5) is 7.61. The monoisotopic (exact) mass is 255 g/mol. The first-order valence-electron chi connectivity index (χ1n) is 5.08. The van der Waals surface area contributed by atoms with Gasteiger partial charge < -0.3 is 10.2 Å². The minimum Gasteiger partial charge on any atom is -0.354 e. The number of hydrogen-bond donors (Lipinski definition) is 1. The average molecular weight is 255 g/mol. The van der Waals surface area contributed by atoms with Gasteiger partial charge in [-0.15, -0.1) is 29.5 Å². The van der Waals surface area contributed by atoms with Crippen LogP contribution in [0.5, 0.6) is 0 Å². The van der Waals surface area contributed by atoms with Crippen LogP contribution in [0.1, 0.15) is 4.88 Å². The number of aromatic nitrogens is 1. The maximum absolute atomic E-state index is 5.16. The molecule has 0 bridgehead atoms. The van der Waals surface area contributed by atoms with Gasteiger partial charge in [-0.05, 0) is 0 Å². The van der Waals surface area contributed by atoms with Crippen LogP contribution >= 0.6 is 23.1 Å². The van der Waals surface area contributed by atoms with E-state index in [-0.39, 0.29) is 0 Å². The van der Waals surface area contributed by atoms with Crippen molar-refractivity contribution < 1.29 is 0 Å². The lowest BCUT2D eigenvalue weighted by atomic mass is 10.5. The second-order valence-electron chi connectivity index (χ2n) is 3.44. The number of hydrogen-bond acceptors (Lipinski definition) is 5. The molecule has 0 aliphatic rings. The minimum absolute atomic E-state index is 0.799. The van der Waals surface area contributed by atoms with Crippen LogP contribution in [0, 0.1) is 12.3 Å². The van der Waals surface area contributed by atoms with E-state index in [4.69, 9.17) is 6.42 Å². The molecular formula is C11H17N3S2.